The van der Waals surface area contributed by atoms with Crippen LogP contribution in [0.5, 0.6) is 5.75 Å². The van der Waals surface area contributed by atoms with E-state index >= 15 is 0 Å². The number of hydrogen-bond donors (Lipinski definition) is 2. The van der Waals surface area contributed by atoms with Crippen molar-refractivity contribution in [3.8, 4) is 5.75 Å². The average Bonchev–Trinajstić information content (AvgIpc) is 3.37. The van der Waals surface area contributed by atoms with Crippen molar-refractivity contribution in [1.29, 1.82) is 0 Å². The first-order valence-corrected chi connectivity index (χ1v) is 14.4. The fourth-order valence-electron chi connectivity index (χ4n) is 5.27. The quantitative estimate of drug-likeness (QED) is 0.337. The van der Waals surface area contributed by atoms with Gasteiger partial charge in [-0.15, -0.1) is 0 Å². The molecule has 2 aliphatic rings. The first kappa shape index (κ1) is 26.1. The van der Waals surface area contributed by atoms with Gasteiger partial charge in [-0.25, -0.2) is 4.90 Å². The number of aryl methyl sites for hydroxylation is 2. The van der Waals surface area contributed by atoms with Crippen molar-refractivity contribution in [3.63, 3.8) is 0 Å². The van der Waals surface area contributed by atoms with Crippen molar-refractivity contribution < 1.29 is 19.5 Å². The van der Waals surface area contributed by atoms with Crippen LogP contribution >= 0.6 is 23.1 Å². The predicted molar refractivity (Wildman–Crippen MR) is 155 cm³/mol. The molecule has 3 atom stereocenters. The minimum Gasteiger partial charge on any atom is -0.508 e. The van der Waals surface area contributed by atoms with E-state index in [0.717, 1.165) is 34.2 Å². The maximum Gasteiger partial charge on any atom is 0.308 e. The summed E-state index contributed by atoms with van der Waals surface area (Å²) in [4.78, 5) is 55.3. The summed E-state index contributed by atoms with van der Waals surface area (Å²) < 4.78 is 1.36. The number of carbonyl (C=O) groups excluding carboxylic acids is 3. The van der Waals surface area contributed by atoms with E-state index < -0.39 is 17.1 Å². The van der Waals surface area contributed by atoms with Gasteiger partial charge in [0, 0.05) is 22.0 Å². The highest BCUT2D eigenvalue weighted by Crippen LogP contribution is 2.55. The number of aromatic nitrogens is 1. The van der Waals surface area contributed by atoms with Crippen molar-refractivity contribution in [3.05, 3.63) is 104 Å². The summed E-state index contributed by atoms with van der Waals surface area (Å²) in [5, 5.41) is 13.3. The first-order chi connectivity index (χ1) is 19.2. The van der Waals surface area contributed by atoms with E-state index in [1.165, 1.54) is 15.5 Å². The van der Waals surface area contributed by atoms with Crippen molar-refractivity contribution in [1.82, 2.24) is 4.57 Å². The Morgan fingerprint density at radius 3 is 2.23 bits per heavy atom. The lowest BCUT2D eigenvalue weighted by Gasteiger charge is -2.31. The van der Waals surface area contributed by atoms with Crippen LogP contribution in [0.15, 0.2) is 82.6 Å². The van der Waals surface area contributed by atoms with Crippen LogP contribution in [0.2, 0.25) is 0 Å². The third-order valence-electron chi connectivity index (χ3n) is 7.25. The van der Waals surface area contributed by atoms with Crippen LogP contribution in [0.4, 0.5) is 11.4 Å². The number of thioether (sulfide) groups is 1. The number of aromatic hydroxyl groups is 1. The second-order valence-corrected chi connectivity index (χ2v) is 12.1. The van der Waals surface area contributed by atoms with Gasteiger partial charge in [0.1, 0.15) is 17.5 Å². The fraction of sp³-hybridized carbons (Fsp3) is 0.200. The van der Waals surface area contributed by atoms with E-state index in [4.69, 9.17) is 0 Å². The number of nitrogens with one attached hydrogen (secondary N) is 1. The maximum atomic E-state index is 13.9. The Labute approximate surface area is 238 Å². The number of amides is 3. The number of benzene rings is 3. The molecule has 0 spiro atoms. The highest BCUT2D eigenvalue weighted by Gasteiger charge is 2.57. The molecule has 8 nitrogen and oxygen atoms in total. The van der Waals surface area contributed by atoms with Crippen LogP contribution in [0.3, 0.4) is 0 Å². The number of carbonyl (C=O) groups is 3. The largest absolute Gasteiger partial charge is 0.508 e. The van der Waals surface area contributed by atoms with E-state index in [-0.39, 0.29) is 34.9 Å². The first-order valence-electron chi connectivity index (χ1n) is 12.7. The second kappa shape index (κ2) is 10.1. The zero-order valence-electron chi connectivity index (χ0n) is 21.7. The molecule has 2 aliphatic heterocycles. The lowest BCUT2D eigenvalue weighted by Crippen LogP contribution is -2.33. The Kier molecular flexibility index (Phi) is 6.59. The molecule has 10 heteroatoms. The van der Waals surface area contributed by atoms with E-state index in [2.05, 4.69) is 5.32 Å². The number of phenols is 1. The summed E-state index contributed by atoms with van der Waals surface area (Å²) in [5.74, 6) is -2.73. The van der Waals surface area contributed by atoms with E-state index in [1.807, 2.05) is 38.1 Å². The lowest BCUT2D eigenvalue weighted by atomic mass is 9.82. The Hall–Kier alpha value is -4.15. The molecule has 0 radical (unpaired) electrons. The normalized spacial score (nSPS) is 19.9. The van der Waals surface area contributed by atoms with Gasteiger partial charge in [-0.1, -0.05) is 76.7 Å². The van der Waals surface area contributed by atoms with E-state index in [0.29, 0.717) is 26.8 Å². The van der Waals surface area contributed by atoms with Gasteiger partial charge >= 0.3 is 4.87 Å². The number of anilines is 2. The Bertz CT molecular complexity index is 1710. The van der Waals surface area contributed by atoms with E-state index in [1.54, 1.807) is 42.5 Å². The number of rotatable bonds is 5. The Morgan fingerprint density at radius 1 is 0.900 bits per heavy atom. The van der Waals surface area contributed by atoms with Gasteiger partial charge in [-0.2, -0.15) is 0 Å². The summed E-state index contributed by atoms with van der Waals surface area (Å²) in [6.45, 7) is 3.62. The number of thiazole rings is 1. The van der Waals surface area contributed by atoms with Crippen LogP contribution in [0.25, 0.3) is 0 Å². The smallest absolute Gasteiger partial charge is 0.308 e. The molecule has 3 heterocycles. The summed E-state index contributed by atoms with van der Waals surface area (Å²) in [6, 6.07) is 21.2. The van der Waals surface area contributed by atoms with Crippen LogP contribution in [0.1, 0.15) is 27.5 Å². The molecule has 202 valence electrons. The van der Waals surface area contributed by atoms with Crippen LogP contribution in [-0.2, 0) is 20.9 Å². The van der Waals surface area contributed by atoms with Gasteiger partial charge in [-0.05, 0) is 44.2 Å². The predicted octanol–water partition coefficient (Wildman–Crippen LogP) is 4.67. The topological polar surface area (TPSA) is 109 Å². The molecule has 0 saturated carbocycles. The third kappa shape index (κ3) is 4.43. The third-order valence-corrected chi connectivity index (χ3v) is 9.85. The lowest BCUT2D eigenvalue weighted by molar-refractivity contribution is -0.122. The van der Waals surface area contributed by atoms with Gasteiger partial charge in [0.05, 0.1) is 16.6 Å². The number of nitrogens with zero attached hydrogens (tertiary/aromatic N) is 2. The number of phenolic OH excluding ortho intramolecular Hbond substituents is 1. The Balaban J connectivity index is 1.41. The molecular formula is C30H25N3O5S2. The summed E-state index contributed by atoms with van der Waals surface area (Å²) >= 11 is 2.09. The van der Waals surface area contributed by atoms with Gasteiger partial charge in [0.2, 0.25) is 17.7 Å². The molecule has 6 rings (SSSR count). The molecule has 0 aliphatic carbocycles. The minimum absolute atomic E-state index is 0.0253. The molecule has 40 heavy (non-hydrogen) atoms. The Morgan fingerprint density at radius 2 is 1.55 bits per heavy atom. The zero-order valence-corrected chi connectivity index (χ0v) is 23.3. The molecule has 2 N–H and O–H groups in total. The molecule has 1 fully saturated rings. The van der Waals surface area contributed by atoms with Gasteiger partial charge < -0.3 is 10.4 Å². The van der Waals surface area contributed by atoms with Crippen molar-refractivity contribution in [2.45, 2.75) is 36.6 Å². The highest BCUT2D eigenvalue weighted by molar-refractivity contribution is 8.00. The zero-order chi connectivity index (χ0) is 28.1. The number of hydrogen-bond acceptors (Lipinski definition) is 7. The molecule has 1 saturated heterocycles. The summed E-state index contributed by atoms with van der Waals surface area (Å²) in [5.41, 5.74) is 3.60. The number of fused-ring (bicyclic) bond motifs is 2. The second-order valence-electron chi connectivity index (χ2n) is 9.99. The molecule has 4 aromatic rings. The molecule has 3 amide bonds. The van der Waals surface area contributed by atoms with E-state index in [9.17, 15) is 24.3 Å². The van der Waals surface area contributed by atoms with Gasteiger partial charge in [0.15, 0.2) is 0 Å². The summed E-state index contributed by atoms with van der Waals surface area (Å²) in [6.07, 6.45) is 0. The molecule has 1 aromatic heterocycles. The number of para-hydroxylation sites is 1. The molecule has 0 bridgehead atoms. The monoisotopic (exact) mass is 571 g/mol. The van der Waals surface area contributed by atoms with Crippen LogP contribution in [0, 0.1) is 19.8 Å². The minimum atomic E-state index is -0.827. The number of imide groups is 1. The molecule has 3 aromatic carbocycles. The van der Waals surface area contributed by atoms with Crippen LogP contribution in [-0.4, -0.2) is 32.6 Å². The van der Waals surface area contributed by atoms with Gasteiger partial charge in [0.25, 0.3) is 0 Å². The fourth-order valence-corrected chi connectivity index (χ4v) is 8.03. The maximum absolute atomic E-state index is 13.9. The van der Waals surface area contributed by atoms with Crippen molar-refractivity contribution >= 4 is 52.2 Å². The summed E-state index contributed by atoms with van der Waals surface area (Å²) in [7, 11) is 0. The standard InChI is InChI=1S/C30H25N3O5S2/c1-16-7-11-18(12-8-16)31-22(35)15-32-29-26(40-30(32)38)23(20-5-3-4-6-21(20)34)24-25(39-29)28(37)33(27(24)36)19-13-9-17(2)10-14-19/h3-14,23-25,34H,15H2,1-2H3,(H,31,35)/t23-,24?,25?/m0/s1. The highest BCUT2D eigenvalue weighted by atomic mass is 32.2. The molecule has 2 unspecified atom stereocenters. The molecular weight excluding hydrogens is 546 g/mol. The van der Waals surface area contributed by atoms with Crippen LogP contribution < -0.4 is 15.1 Å². The average molecular weight is 572 g/mol. The van der Waals surface area contributed by atoms with Crippen molar-refractivity contribution in [2.75, 3.05) is 10.2 Å². The van der Waals surface area contributed by atoms with Crippen molar-refractivity contribution in [2.24, 2.45) is 5.92 Å². The SMILES string of the molecule is Cc1ccc(NC(=O)Cn2c3c(sc2=O)[C@@H](c2ccccc2O)C2C(=O)N(c4ccc(C)cc4)C(=O)C2S3)cc1. The van der Waals surface area contributed by atoms with Gasteiger partial charge in [-0.3, -0.25) is 23.7 Å².